The van der Waals surface area contributed by atoms with Gasteiger partial charge in [-0.25, -0.2) is 0 Å². The maximum atomic E-state index is 12.9. The van der Waals surface area contributed by atoms with Gasteiger partial charge < -0.3 is 19.7 Å². The topological polar surface area (TPSA) is 50.8 Å². The zero-order chi connectivity index (χ0) is 19.9. The maximum absolute atomic E-state index is 12.9. The minimum absolute atomic E-state index is 0.0318. The zero-order valence-electron chi connectivity index (χ0n) is 17.0. The summed E-state index contributed by atoms with van der Waals surface area (Å²) in [5, 5.41) is 3.50. The smallest absolute Gasteiger partial charge is 0.254 e. The van der Waals surface area contributed by atoms with Gasteiger partial charge >= 0.3 is 0 Å². The molecular weight excluding hydrogens is 352 g/mol. The minimum Gasteiger partial charge on any atom is -0.493 e. The number of rotatable bonds is 8. The van der Waals surface area contributed by atoms with Gasteiger partial charge in [-0.3, -0.25) is 4.79 Å². The summed E-state index contributed by atoms with van der Waals surface area (Å²) in [4.78, 5) is 14.8. The van der Waals surface area contributed by atoms with Crippen molar-refractivity contribution in [2.75, 3.05) is 32.1 Å². The Kier molecular flexibility index (Phi) is 6.80. The van der Waals surface area contributed by atoms with E-state index in [1.807, 2.05) is 47.4 Å². The Hall–Kier alpha value is -2.69. The third-order valence-corrected chi connectivity index (χ3v) is 4.98. The highest BCUT2D eigenvalue weighted by Crippen LogP contribution is 2.29. The predicted octanol–water partition coefficient (Wildman–Crippen LogP) is 4.45. The number of carbonyl (C=O) groups excluding carboxylic acids is 1. The Morgan fingerprint density at radius 2 is 1.96 bits per heavy atom. The molecule has 0 bridgehead atoms. The third-order valence-electron chi connectivity index (χ3n) is 4.98. The average Bonchev–Trinajstić information content (AvgIpc) is 3.16. The van der Waals surface area contributed by atoms with Crippen molar-refractivity contribution in [3.63, 3.8) is 0 Å². The molecule has 150 valence electrons. The van der Waals surface area contributed by atoms with Crippen LogP contribution in [0.25, 0.3) is 0 Å². The Morgan fingerprint density at radius 3 is 2.68 bits per heavy atom. The molecule has 2 aromatic rings. The van der Waals surface area contributed by atoms with Gasteiger partial charge in [-0.2, -0.15) is 0 Å². The van der Waals surface area contributed by atoms with E-state index in [0.29, 0.717) is 36.1 Å². The second-order valence-electron chi connectivity index (χ2n) is 7.64. The Balaban J connectivity index is 1.60. The lowest BCUT2D eigenvalue weighted by Crippen LogP contribution is -2.31. The number of nitrogens with one attached hydrogen (secondary N) is 1. The summed E-state index contributed by atoms with van der Waals surface area (Å²) in [6.45, 7) is 6.41. The number of likely N-dealkylation sites (tertiary alicyclic amines) is 1. The normalized spacial score (nSPS) is 16.3. The lowest BCUT2D eigenvalue weighted by molar-refractivity contribution is 0.0791. The van der Waals surface area contributed by atoms with Crippen LogP contribution >= 0.6 is 0 Å². The monoisotopic (exact) mass is 382 g/mol. The first-order valence-electron chi connectivity index (χ1n) is 9.98. The van der Waals surface area contributed by atoms with Crippen molar-refractivity contribution in [1.82, 2.24) is 4.90 Å². The Morgan fingerprint density at radius 1 is 1.18 bits per heavy atom. The van der Waals surface area contributed by atoms with E-state index >= 15 is 0 Å². The highest BCUT2D eigenvalue weighted by molar-refractivity contribution is 5.95. The van der Waals surface area contributed by atoms with E-state index in [4.69, 9.17) is 9.47 Å². The summed E-state index contributed by atoms with van der Waals surface area (Å²) in [5.74, 6) is 1.90. The summed E-state index contributed by atoms with van der Waals surface area (Å²) in [6, 6.07) is 15.8. The van der Waals surface area contributed by atoms with Crippen LogP contribution in [-0.4, -0.2) is 43.7 Å². The predicted molar refractivity (Wildman–Crippen MR) is 112 cm³/mol. The summed E-state index contributed by atoms with van der Waals surface area (Å²) >= 11 is 0. The molecule has 1 heterocycles. The van der Waals surface area contributed by atoms with Crippen molar-refractivity contribution < 1.29 is 14.3 Å². The summed E-state index contributed by atoms with van der Waals surface area (Å²) < 4.78 is 11.3. The van der Waals surface area contributed by atoms with Gasteiger partial charge in [0.15, 0.2) is 11.5 Å². The van der Waals surface area contributed by atoms with Crippen LogP contribution < -0.4 is 14.8 Å². The first kappa shape index (κ1) is 20.1. The summed E-state index contributed by atoms with van der Waals surface area (Å²) in [6.07, 6.45) is 1.92. The van der Waals surface area contributed by atoms with Crippen molar-refractivity contribution in [2.24, 2.45) is 5.92 Å². The average molecular weight is 383 g/mol. The van der Waals surface area contributed by atoms with Gasteiger partial charge in [-0.05, 0) is 49.1 Å². The van der Waals surface area contributed by atoms with Crippen molar-refractivity contribution in [3.8, 4) is 11.5 Å². The van der Waals surface area contributed by atoms with Gasteiger partial charge in [-0.1, -0.05) is 32.0 Å². The molecule has 1 atom stereocenters. The van der Waals surface area contributed by atoms with Crippen LogP contribution in [0.5, 0.6) is 11.5 Å². The fourth-order valence-electron chi connectivity index (χ4n) is 3.34. The fraction of sp³-hybridized carbons (Fsp3) is 0.435. The van der Waals surface area contributed by atoms with E-state index < -0.39 is 0 Å². The molecule has 5 nitrogen and oxygen atoms in total. The molecule has 0 aliphatic carbocycles. The lowest BCUT2D eigenvalue weighted by atomic mass is 10.1. The number of hydrogen-bond donors (Lipinski definition) is 1. The van der Waals surface area contributed by atoms with E-state index in [9.17, 15) is 4.79 Å². The molecule has 1 aliphatic heterocycles. The van der Waals surface area contributed by atoms with Crippen LogP contribution in [-0.2, 0) is 0 Å². The largest absolute Gasteiger partial charge is 0.493 e. The number of amides is 1. The van der Waals surface area contributed by atoms with E-state index in [1.165, 1.54) is 0 Å². The number of nitrogens with zero attached hydrogens (tertiary/aromatic N) is 1. The molecule has 1 saturated heterocycles. The SMILES string of the molecule is COc1cc(C(=O)N2CCC(Nc3ccccc3)C2)ccc1OCCC(C)C. The summed E-state index contributed by atoms with van der Waals surface area (Å²) in [7, 11) is 1.61. The van der Waals surface area contributed by atoms with Crippen LogP contribution in [0.15, 0.2) is 48.5 Å². The van der Waals surface area contributed by atoms with Gasteiger partial charge in [0, 0.05) is 30.4 Å². The number of hydrogen-bond acceptors (Lipinski definition) is 4. The number of benzene rings is 2. The first-order chi connectivity index (χ1) is 13.6. The first-order valence-corrected chi connectivity index (χ1v) is 9.98. The number of ether oxygens (including phenoxy) is 2. The molecule has 1 unspecified atom stereocenters. The van der Waals surface area contributed by atoms with Crippen molar-refractivity contribution >= 4 is 11.6 Å². The number of methoxy groups -OCH3 is 1. The molecule has 2 aromatic carbocycles. The fourth-order valence-corrected chi connectivity index (χ4v) is 3.34. The molecule has 1 fully saturated rings. The second kappa shape index (κ2) is 9.49. The van der Waals surface area contributed by atoms with Crippen molar-refractivity contribution in [2.45, 2.75) is 32.7 Å². The van der Waals surface area contributed by atoms with Gasteiger partial charge in [-0.15, -0.1) is 0 Å². The van der Waals surface area contributed by atoms with Crippen molar-refractivity contribution in [1.29, 1.82) is 0 Å². The van der Waals surface area contributed by atoms with Crippen LogP contribution in [0.1, 0.15) is 37.0 Å². The van der Waals surface area contributed by atoms with Crippen LogP contribution in [0.2, 0.25) is 0 Å². The highest BCUT2D eigenvalue weighted by Gasteiger charge is 2.27. The standard InChI is InChI=1S/C23H30N2O3/c1-17(2)12-14-28-21-10-9-18(15-22(21)27-3)23(26)25-13-11-20(16-25)24-19-7-5-4-6-8-19/h4-10,15,17,20,24H,11-14,16H2,1-3H3. The van der Waals surface area contributed by atoms with Gasteiger partial charge in [0.2, 0.25) is 0 Å². The van der Waals surface area contributed by atoms with Crippen LogP contribution in [0.3, 0.4) is 0 Å². The zero-order valence-corrected chi connectivity index (χ0v) is 17.0. The molecule has 0 spiro atoms. The number of para-hydroxylation sites is 1. The summed E-state index contributed by atoms with van der Waals surface area (Å²) in [5.41, 5.74) is 1.72. The second-order valence-corrected chi connectivity index (χ2v) is 7.64. The molecule has 1 aliphatic rings. The molecular formula is C23H30N2O3. The number of carbonyl (C=O) groups is 1. The minimum atomic E-state index is 0.0318. The third kappa shape index (κ3) is 5.18. The molecule has 28 heavy (non-hydrogen) atoms. The molecule has 0 radical (unpaired) electrons. The molecule has 0 saturated carbocycles. The number of anilines is 1. The van der Waals surface area contributed by atoms with Crippen LogP contribution in [0, 0.1) is 5.92 Å². The lowest BCUT2D eigenvalue weighted by Gasteiger charge is -2.19. The van der Waals surface area contributed by atoms with Gasteiger partial charge in [0.05, 0.1) is 13.7 Å². The van der Waals surface area contributed by atoms with E-state index in [1.54, 1.807) is 13.2 Å². The van der Waals surface area contributed by atoms with E-state index in [-0.39, 0.29) is 11.9 Å². The van der Waals surface area contributed by atoms with Crippen LogP contribution in [0.4, 0.5) is 5.69 Å². The van der Waals surface area contributed by atoms with E-state index in [0.717, 1.165) is 25.1 Å². The molecule has 3 rings (SSSR count). The Bertz CT molecular complexity index is 777. The van der Waals surface area contributed by atoms with Gasteiger partial charge in [0.25, 0.3) is 5.91 Å². The molecule has 1 N–H and O–H groups in total. The molecule has 0 aromatic heterocycles. The maximum Gasteiger partial charge on any atom is 0.254 e. The molecule has 1 amide bonds. The van der Waals surface area contributed by atoms with Crippen molar-refractivity contribution in [3.05, 3.63) is 54.1 Å². The van der Waals surface area contributed by atoms with Gasteiger partial charge in [0.1, 0.15) is 0 Å². The quantitative estimate of drug-likeness (QED) is 0.733. The van der Waals surface area contributed by atoms with E-state index in [2.05, 4.69) is 19.2 Å². The Labute approximate surface area is 167 Å². The molecule has 5 heteroatoms. The highest BCUT2D eigenvalue weighted by atomic mass is 16.5.